The average molecular weight is 259 g/mol. The molecule has 6 heteroatoms. The number of nitrogens with two attached hydrogens (primary N) is 1. The molecular weight excluding hydrogens is 238 g/mol. The molecule has 5 nitrogen and oxygen atoms in total. The molecule has 0 bridgehead atoms. The van der Waals surface area contributed by atoms with Gasteiger partial charge >= 0.3 is 0 Å². The van der Waals surface area contributed by atoms with Crippen LogP contribution in [0.5, 0.6) is 0 Å². The normalized spacial score (nSPS) is 21.5. The standard InChI is InChI=1S/C11H21N3O2S/c1-7(2)8(12)4-5-14(3)10(15)9-6-17-11(16)13-9/h7-9H,4-6,12H2,1-3H3,(H,13,16)/t8?,9-/m0/s1. The van der Waals surface area contributed by atoms with Gasteiger partial charge in [-0.15, -0.1) is 0 Å². The van der Waals surface area contributed by atoms with E-state index in [1.54, 1.807) is 11.9 Å². The Hall–Kier alpha value is -0.750. The number of rotatable bonds is 5. The SMILES string of the molecule is CC(C)C(N)CCN(C)C(=O)[C@@H]1CSC(=O)N1. The Morgan fingerprint density at radius 2 is 2.29 bits per heavy atom. The van der Waals surface area contributed by atoms with Gasteiger partial charge in [-0.1, -0.05) is 25.6 Å². The van der Waals surface area contributed by atoms with E-state index < -0.39 is 0 Å². The molecule has 1 rings (SSSR count). The highest BCUT2D eigenvalue weighted by Gasteiger charge is 2.30. The van der Waals surface area contributed by atoms with E-state index in [2.05, 4.69) is 19.2 Å². The minimum absolute atomic E-state index is 0.0284. The van der Waals surface area contributed by atoms with Crippen molar-refractivity contribution < 1.29 is 9.59 Å². The summed E-state index contributed by atoms with van der Waals surface area (Å²) in [7, 11) is 1.75. The van der Waals surface area contributed by atoms with Crippen LogP contribution in [0.2, 0.25) is 0 Å². The van der Waals surface area contributed by atoms with Crippen LogP contribution >= 0.6 is 11.8 Å². The molecule has 1 heterocycles. The largest absolute Gasteiger partial charge is 0.344 e. The number of hydrogen-bond donors (Lipinski definition) is 2. The molecule has 2 amide bonds. The summed E-state index contributed by atoms with van der Waals surface area (Å²) in [5.41, 5.74) is 5.93. The zero-order chi connectivity index (χ0) is 13.0. The van der Waals surface area contributed by atoms with Crippen molar-refractivity contribution in [2.75, 3.05) is 19.3 Å². The fourth-order valence-electron chi connectivity index (χ4n) is 1.57. The molecule has 0 radical (unpaired) electrons. The summed E-state index contributed by atoms with van der Waals surface area (Å²) in [4.78, 5) is 24.6. The second-order valence-electron chi connectivity index (χ2n) is 4.75. The van der Waals surface area contributed by atoms with Crippen LogP contribution in [0.4, 0.5) is 4.79 Å². The van der Waals surface area contributed by atoms with Crippen molar-refractivity contribution in [3.05, 3.63) is 0 Å². The van der Waals surface area contributed by atoms with Gasteiger partial charge in [0.2, 0.25) is 5.91 Å². The van der Waals surface area contributed by atoms with Crippen LogP contribution in [-0.2, 0) is 4.79 Å². The maximum Gasteiger partial charge on any atom is 0.279 e. The monoisotopic (exact) mass is 259 g/mol. The summed E-state index contributed by atoms with van der Waals surface area (Å²) in [6, 6.07) is -0.259. The number of thioether (sulfide) groups is 1. The van der Waals surface area contributed by atoms with Crippen LogP contribution < -0.4 is 11.1 Å². The van der Waals surface area contributed by atoms with Crippen molar-refractivity contribution in [2.24, 2.45) is 11.7 Å². The van der Waals surface area contributed by atoms with Crippen LogP contribution in [0, 0.1) is 5.92 Å². The minimum atomic E-state index is -0.368. The molecule has 98 valence electrons. The number of nitrogens with zero attached hydrogens (tertiary/aromatic N) is 1. The van der Waals surface area contributed by atoms with Crippen molar-refractivity contribution >= 4 is 22.9 Å². The highest BCUT2D eigenvalue weighted by molar-refractivity contribution is 8.14. The highest BCUT2D eigenvalue weighted by Crippen LogP contribution is 2.14. The van der Waals surface area contributed by atoms with E-state index in [-0.39, 0.29) is 23.2 Å². The summed E-state index contributed by atoms with van der Waals surface area (Å²) >= 11 is 1.16. The molecule has 1 saturated heterocycles. The van der Waals surface area contributed by atoms with E-state index >= 15 is 0 Å². The molecule has 0 aromatic heterocycles. The summed E-state index contributed by atoms with van der Waals surface area (Å²) in [5.74, 6) is 0.915. The Labute approximate surface area is 106 Å². The van der Waals surface area contributed by atoms with E-state index in [0.717, 1.165) is 18.2 Å². The molecule has 0 saturated carbocycles. The Balaban J connectivity index is 2.34. The van der Waals surface area contributed by atoms with E-state index in [4.69, 9.17) is 5.73 Å². The molecular formula is C11H21N3O2S. The average Bonchev–Trinajstić information content (AvgIpc) is 2.70. The van der Waals surface area contributed by atoms with Crippen molar-refractivity contribution in [1.82, 2.24) is 10.2 Å². The van der Waals surface area contributed by atoms with Gasteiger partial charge in [-0.2, -0.15) is 0 Å². The van der Waals surface area contributed by atoms with Crippen LogP contribution in [-0.4, -0.2) is 47.5 Å². The Morgan fingerprint density at radius 3 is 2.76 bits per heavy atom. The lowest BCUT2D eigenvalue weighted by Gasteiger charge is -2.23. The number of hydrogen-bond acceptors (Lipinski definition) is 4. The molecule has 17 heavy (non-hydrogen) atoms. The Kier molecular flexibility index (Phi) is 5.27. The molecule has 3 N–H and O–H groups in total. The van der Waals surface area contributed by atoms with Gasteiger partial charge in [0.25, 0.3) is 5.24 Å². The number of carbonyl (C=O) groups is 2. The van der Waals surface area contributed by atoms with Gasteiger partial charge in [-0.05, 0) is 12.3 Å². The van der Waals surface area contributed by atoms with Gasteiger partial charge in [0, 0.05) is 25.4 Å². The van der Waals surface area contributed by atoms with Gasteiger partial charge in [0.1, 0.15) is 6.04 Å². The molecule has 1 fully saturated rings. The first kappa shape index (κ1) is 14.3. The van der Waals surface area contributed by atoms with Gasteiger partial charge in [-0.25, -0.2) is 0 Å². The summed E-state index contributed by atoms with van der Waals surface area (Å²) in [6.07, 6.45) is 0.785. The molecule has 0 aromatic carbocycles. The number of carbonyl (C=O) groups excluding carboxylic acids is 2. The quantitative estimate of drug-likeness (QED) is 0.760. The fraction of sp³-hybridized carbons (Fsp3) is 0.818. The van der Waals surface area contributed by atoms with E-state index in [9.17, 15) is 9.59 Å². The van der Waals surface area contributed by atoms with E-state index in [1.165, 1.54) is 0 Å². The third-order valence-electron chi connectivity index (χ3n) is 3.00. The van der Waals surface area contributed by atoms with Crippen LogP contribution in [0.1, 0.15) is 20.3 Å². The number of amides is 2. The summed E-state index contributed by atoms with van der Waals surface area (Å²) in [6.45, 7) is 4.77. The second-order valence-corrected chi connectivity index (χ2v) is 5.74. The molecule has 0 aliphatic carbocycles. The zero-order valence-electron chi connectivity index (χ0n) is 10.6. The fourth-order valence-corrected chi connectivity index (χ4v) is 2.34. The van der Waals surface area contributed by atoms with E-state index in [1.807, 2.05) is 0 Å². The molecule has 1 aliphatic heterocycles. The van der Waals surface area contributed by atoms with Crippen LogP contribution in [0.3, 0.4) is 0 Å². The topological polar surface area (TPSA) is 75.4 Å². The highest BCUT2D eigenvalue weighted by atomic mass is 32.2. The van der Waals surface area contributed by atoms with Crippen molar-refractivity contribution in [2.45, 2.75) is 32.4 Å². The summed E-state index contributed by atoms with van der Waals surface area (Å²) < 4.78 is 0. The molecule has 1 aliphatic rings. The van der Waals surface area contributed by atoms with E-state index in [0.29, 0.717) is 18.2 Å². The molecule has 0 spiro atoms. The third-order valence-corrected chi connectivity index (χ3v) is 3.88. The maximum atomic E-state index is 11.9. The molecule has 1 unspecified atom stereocenters. The second kappa shape index (κ2) is 6.26. The van der Waals surface area contributed by atoms with Gasteiger partial charge in [0.15, 0.2) is 0 Å². The molecule has 0 aromatic rings. The Morgan fingerprint density at radius 1 is 1.65 bits per heavy atom. The smallest absolute Gasteiger partial charge is 0.279 e. The first-order chi connectivity index (χ1) is 7.91. The molecule has 2 atom stereocenters. The minimum Gasteiger partial charge on any atom is -0.344 e. The Bertz CT molecular complexity index is 296. The number of nitrogens with one attached hydrogen (secondary N) is 1. The summed E-state index contributed by atoms with van der Waals surface area (Å²) in [5, 5.41) is 2.53. The lowest BCUT2D eigenvalue weighted by Crippen LogP contribution is -2.45. The number of likely N-dealkylation sites (N-methyl/N-ethyl adjacent to an activating group) is 1. The first-order valence-corrected chi connectivity index (χ1v) is 6.84. The lowest BCUT2D eigenvalue weighted by molar-refractivity contribution is -0.131. The third kappa shape index (κ3) is 4.20. The predicted octanol–water partition coefficient (Wildman–Crippen LogP) is 0.643. The lowest BCUT2D eigenvalue weighted by atomic mass is 10.0. The maximum absolute atomic E-state index is 11.9. The van der Waals surface area contributed by atoms with Crippen molar-refractivity contribution in [1.29, 1.82) is 0 Å². The van der Waals surface area contributed by atoms with Gasteiger partial charge in [0.05, 0.1) is 0 Å². The van der Waals surface area contributed by atoms with Crippen molar-refractivity contribution in [3.8, 4) is 0 Å². The van der Waals surface area contributed by atoms with Crippen LogP contribution in [0.25, 0.3) is 0 Å². The van der Waals surface area contributed by atoms with Gasteiger partial charge < -0.3 is 16.0 Å². The van der Waals surface area contributed by atoms with Gasteiger partial charge in [-0.3, -0.25) is 9.59 Å². The first-order valence-electron chi connectivity index (χ1n) is 5.85. The van der Waals surface area contributed by atoms with Crippen LogP contribution in [0.15, 0.2) is 0 Å². The zero-order valence-corrected chi connectivity index (χ0v) is 11.4. The predicted molar refractivity (Wildman–Crippen MR) is 69.8 cm³/mol. The van der Waals surface area contributed by atoms with Crippen molar-refractivity contribution in [3.63, 3.8) is 0 Å².